The number of amides is 2. The first-order valence-corrected chi connectivity index (χ1v) is 6.44. The highest BCUT2D eigenvalue weighted by atomic mass is 16.6. The summed E-state index contributed by atoms with van der Waals surface area (Å²) in [4.78, 5) is 35.7. The van der Waals surface area contributed by atoms with Crippen LogP contribution in [0.2, 0.25) is 0 Å². The minimum absolute atomic E-state index is 0.118. The van der Waals surface area contributed by atoms with E-state index in [-0.39, 0.29) is 11.3 Å². The zero-order valence-electron chi connectivity index (χ0n) is 12.3. The quantitative estimate of drug-likeness (QED) is 0.520. The van der Waals surface area contributed by atoms with Gasteiger partial charge in [-0.05, 0) is 12.5 Å². The summed E-state index contributed by atoms with van der Waals surface area (Å²) in [5, 5.41) is 13.5. The molecule has 0 bridgehead atoms. The Balaban J connectivity index is 2.56. The number of allylic oxidation sites excluding steroid dienone is 1. The van der Waals surface area contributed by atoms with E-state index in [4.69, 9.17) is 4.74 Å². The van der Waals surface area contributed by atoms with Gasteiger partial charge in [0.05, 0.1) is 23.6 Å². The molecule has 22 heavy (non-hydrogen) atoms. The lowest BCUT2D eigenvalue weighted by molar-refractivity contribution is -0.384. The minimum Gasteiger partial charge on any atom is -0.466 e. The molecule has 8 nitrogen and oxygen atoms in total. The van der Waals surface area contributed by atoms with Gasteiger partial charge >= 0.3 is 12.0 Å². The SMILES string of the molecule is COC(=O)C1=C(C)N(C)C(=O)NC1c1cccc([N+](=O)[O-])c1. The molecular weight excluding hydrogens is 290 g/mol. The second-order valence-electron chi connectivity index (χ2n) is 4.78. The molecule has 0 fully saturated rings. The third kappa shape index (κ3) is 2.62. The number of esters is 1. The number of methoxy groups -OCH3 is 1. The van der Waals surface area contributed by atoms with E-state index in [1.165, 1.54) is 37.3 Å². The van der Waals surface area contributed by atoms with Crippen molar-refractivity contribution in [3.63, 3.8) is 0 Å². The van der Waals surface area contributed by atoms with Crippen molar-refractivity contribution < 1.29 is 19.2 Å². The lowest BCUT2D eigenvalue weighted by Gasteiger charge is -2.32. The van der Waals surface area contributed by atoms with Gasteiger partial charge in [0.1, 0.15) is 0 Å². The van der Waals surface area contributed by atoms with E-state index in [0.717, 1.165) is 0 Å². The highest BCUT2D eigenvalue weighted by Crippen LogP contribution is 2.31. The number of non-ortho nitro benzene ring substituents is 1. The predicted octanol–water partition coefficient (Wildman–Crippen LogP) is 1.74. The highest BCUT2D eigenvalue weighted by molar-refractivity contribution is 5.94. The maximum absolute atomic E-state index is 12.0. The van der Waals surface area contributed by atoms with Crippen molar-refractivity contribution in [3.8, 4) is 0 Å². The first kappa shape index (κ1) is 15.5. The molecule has 1 N–H and O–H groups in total. The van der Waals surface area contributed by atoms with Gasteiger partial charge in [-0.15, -0.1) is 0 Å². The van der Waals surface area contributed by atoms with Gasteiger partial charge in [-0.1, -0.05) is 12.1 Å². The number of nitro benzene ring substituents is 1. The van der Waals surface area contributed by atoms with E-state index in [1.807, 2.05) is 0 Å². The number of carbonyl (C=O) groups is 2. The number of hydrogen-bond donors (Lipinski definition) is 1. The zero-order valence-corrected chi connectivity index (χ0v) is 12.3. The summed E-state index contributed by atoms with van der Waals surface area (Å²) in [7, 11) is 2.76. The summed E-state index contributed by atoms with van der Waals surface area (Å²) in [6.45, 7) is 1.62. The van der Waals surface area contributed by atoms with E-state index in [1.54, 1.807) is 13.0 Å². The second kappa shape index (κ2) is 5.84. The molecule has 0 spiro atoms. The van der Waals surface area contributed by atoms with Crippen LogP contribution in [0.5, 0.6) is 0 Å². The molecule has 1 aliphatic rings. The van der Waals surface area contributed by atoms with Crippen LogP contribution >= 0.6 is 0 Å². The molecule has 1 aromatic carbocycles. The van der Waals surface area contributed by atoms with Crippen LogP contribution in [0.4, 0.5) is 10.5 Å². The molecule has 8 heteroatoms. The van der Waals surface area contributed by atoms with Crippen LogP contribution < -0.4 is 5.32 Å². The zero-order chi connectivity index (χ0) is 16.4. The van der Waals surface area contributed by atoms with Crippen molar-refractivity contribution >= 4 is 17.7 Å². The van der Waals surface area contributed by atoms with Crippen LogP contribution in [-0.2, 0) is 9.53 Å². The number of ether oxygens (including phenoxy) is 1. The van der Waals surface area contributed by atoms with E-state index < -0.39 is 23.0 Å². The molecule has 0 saturated carbocycles. The van der Waals surface area contributed by atoms with E-state index in [9.17, 15) is 19.7 Å². The fraction of sp³-hybridized carbons (Fsp3) is 0.286. The minimum atomic E-state index is -0.795. The third-order valence-electron chi connectivity index (χ3n) is 3.57. The average molecular weight is 305 g/mol. The summed E-state index contributed by atoms with van der Waals surface area (Å²) in [5.41, 5.74) is 1.00. The number of rotatable bonds is 3. The van der Waals surface area contributed by atoms with Gasteiger partial charge < -0.3 is 15.0 Å². The first-order chi connectivity index (χ1) is 10.4. The van der Waals surface area contributed by atoms with Crippen LogP contribution in [0, 0.1) is 10.1 Å². The summed E-state index contributed by atoms with van der Waals surface area (Å²) in [6.07, 6.45) is 0. The van der Waals surface area contributed by atoms with Crippen LogP contribution in [0.25, 0.3) is 0 Å². The highest BCUT2D eigenvalue weighted by Gasteiger charge is 2.35. The van der Waals surface area contributed by atoms with E-state index >= 15 is 0 Å². The number of benzene rings is 1. The molecule has 2 rings (SSSR count). The van der Waals surface area contributed by atoms with Gasteiger partial charge in [-0.3, -0.25) is 10.1 Å². The summed E-state index contributed by atoms with van der Waals surface area (Å²) in [5.74, 6) is -0.596. The summed E-state index contributed by atoms with van der Waals surface area (Å²) >= 11 is 0. The molecule has 0 aliphatic carbocycles. The Hall–Kier alpha value is -2.90. The molecule has 0 radical (unpaired) electrons. The largest absolute Gasteiger partial charge is 0.466 e. The van der Waals surface area contributed by atoms with Crippen LogP contribution in [-0.4, -0.2) is 36.0 Å². The number of carbonyl (C=O) groups excluding carboxylic acids is 2. The predicted molar refractivity (Wildman–Crippen MR) is 76.8 cm³/mol. The van der Waals surface area contributed by atoms with Gasteiger partial charge in [0.15, 0.2) is 0 Å². The number of nitrogens with zero attached hydrogens (tertiary/aromatic N) is 2. The number of urea groups is 1. The van der Waals surface area contributed by atoms with Crippen molar-refractivity contribution in [2.24, 2.45) is 0 Å². The molecule has 1 heterocycles. The van der Waals surface area contributed by atoms with Crippen molar-refractivity contribution in [2.45, 2.75) is 13.0 Å². The molecule has 1 unspecified atom stereocenters. The summed E-state index contributed by atoms with van der Waals surface area (Å²) in [6, 6.07) is 4.58. The fourth-order valence-corrected chi connectivity index (χ4v) is 2.28. The van der Waals surface area contributed by atoms with Gasteiger partial charge in [0, 0.05) is 24.9 Å². The molecule has 1 aromatic rings. The topological polar surface area (TPSA) is 102 Å². The average Bonchev–Trinajstić information content (AvgIpc) is 2.51. The van der Waals surface area contributed by atoms with Crippen molar-refractivity contribution in [1.29, 1.82) is 0 Å². The van der Waals surface area contributed by atoms with Crippen molar-refractivity contribution in [2.75, 3.05) is 14.2 Å². The number of hydrogen-bond acceptors (Lipinski definition) is 5. The fourth-order valence-electron chi connectivity index (χ4n) is 2.28. The standard InChI is InChI=1S/C14H15N3O5/c1-8-11(13(18)22-3)12(15-14(19)16(8)2)9-5-4-6-10(7-9)17(20)21/h4-7,12H,1-3H3,(H,15,19). The maximum Gasteiger partial charge on any atom is 0.337 e. The second-order valence-corrected chi connectivity index (χ2v) is 4.78. The molecule has 1 aliphatic heterocycles. The van der Waals surface area contributed by atoms with Crippen LogP contribution in [0.1, 0.15) is 18.5 Å². The monoisotopic (exact) mass is 305 g/mol. The molecular formula is C14H15N3O5. The van der Waals surface area contributed by atoms with Crippen LogP contribution in [0.3, 0.4) is 0 Å². The molecule has 0 aromatic heterocycles. The Morgan fingerprint density at radius 1 is 1.45 bits per heavy atom. The lowest BCUT2D eigenvalue weighted by Crippen LogP contribution is -2.46. The first-order valence-electron chi connectivity index (χ1n) is 6.44. The Bertz CT molecular complexity index is 683. The smallest absolute Gasteiger partial charge is 0.337 e. The van der Waals surface area contributed by atoms with E-state index in [2.05, 4.69) is 5.32 Å². The maximum atomic E-state index is 12.0. The van der Waals surface area contributed by atoms with Gasteiger partial charge in [0.2, 0.25) is 0 Å². The number of nitrogens with one attached hydrogen (secondary N) is 1. The van der Waals surface area contributed by atoms with Gasteiger partial charge in [-0.25, -0.2) is 9.59 Å². The van der Waals surface area contributed by atoms with Gasteiger partial charge in [-0.2, -0.15) is 0 Å². The third-order valence-corrected chi connectivity index (χ3v) is 3.57. The Morgan fingerprint density at radius 3 is 2.73 bits per heavy atom. The Kier molecular flexibility index (Phi) is 4.11. The van der Waals surface area contributed by atoms with Crippen molar-refractivity contribution in [3.05, 3.63) is 51.2 Å². The number of nitro groups is 1. The Labute approximate surface area is 126 Å². The summed E-state index contributed by atoms with van der Waals surface area (Å²) < 4.78 is 4.76. The van der Waals surface area contributed by atoms with Crippen LogP contribution in [0.15, 0.2) is 35.5 Å². The normalized spacial score (nSPS) is 18.0. The molecule has 0 saturated heterocycles. The van der Waals surface area contributed by atoms with E-state index in [0.29, 0.717) is 11.3 Å². The lowest BCUT2D eigenvalue weighted by atomic mass is 9.95. The molecule has 2 amide bonds. The molecule has 1 atom stereocenters. The Morgan fingerprint density at radius 2 is 2.14 bits per heavy atom. The molecule has 116 valence electrons. The van der Waals surface area contributed by atoms with Gasteiger partial charge in [0.25, 0.3) is 5.69 Å². The van der Waals surface area contributed by atoms with Crippen molar-refractivity contribution in [1.82, 2.24) is 10.2 Å².